The van der Waals surface area contributed by atoms with E-state index in [0.29, 0.717) is 11.8 Å². The molecule has 0 heterocycles. The quantitative estimate of drug-likeness (QED) is 0.119. The third-order valence-electron chi connectivity index (χ3n) is 7.53. The first kappa shape index (κ1) is 36.3. The van der Waals surface area contributed by atoms with Crippen molar-refractivity contribution in [2.75, 3.05) is 0 Å². The van der Waals surface area contributed by atoms with Gasteiger partial charge in [0.2, 0.25) is 0 Å². The van der Waals surface area contributed by atoms with Crippen molar-refractivity contribution in [3.8, 4) is 0 Å². The van der Waals surface area contributed by atoms with Crippen LogP contribution in [0.4, 0.5) is 0 Å². The second-order valence-electron chi connectivity index (χ2n) is 11.6. The number of halogens is 2. The first-order valence-electron chi connectivity index (χ1n) is 15.3. The fraction of sp³-hybridized carbons (Fsp3) is 0.250. The molecule has 0 N–H and O–H groups in total. The molecule has 6 aromatic carbocycles. The van der Waals surface area contributed by atoms with E-state index in [1.165, 1.54) is 54.9 Å². The maximum atomic E-state index is 4.93. The molecule has 4 heteroatoms. The summed E-state index contributed by atoms with van der Waals surface area (Å²) in [5.41, 5.74) is 8.49. The Kier molecular flexibility index (Phi) is 15.9. The average molecular weight is 715 g/mol. The normalized spacial score (nSPS) is 10.4. The summed E-state index contributed by atoms with van der Waals surface area (Å²) in [5.74, 6) is 1.19. The zero-order valence-electron chi connectivity index (χ0n) is 26.9. The molecule has 226 valence electrons. The van der Waals surface area contributed by atoms with Gasteiger partial charge in [-0.05, 0) is 35.8 Å². The summed E-state index contributed by atoms with van der Waals surface area (Å²) in [4.78, 5) is 0. The number of benzene rings is 4. The molecule has 2 radical (unpaired) electrons. The molecule has 0 bridgehead atoms. The average Bonchev–Trinajstić information content (AvgIpc) is 3.66. The Morgan fingerprint density at radius 1 is 0.568 bits per heavy atom. The summed E-state index contributed by atoms with van der Waals surface area (Å²) in [6.45, 7) is 13.3. The molecule has 0 fully saturated rings. The topological polar surface area (TPSA) is 0 Å². The van der Waals surface area contributed by atoms with Crippen LogP contribution in [0, 0.1) is 0 Å². The van der Waals surface area contributed by atoms with Crippen LogP contribution in [0.2, 0.25) is 13.1 Å². The summed E-state index contributed by atoms with van der Waals surface area (Å²) in [6, 6.07) is 44.0. The van der Waals surface area contributed by atoms with E-state index in [9.17, 15) is 0 Å². The monoisotopic (exact) mass is 712 g/mol. The van der Waals surface area contributed by atoms with Gasteiger partial charge in [-0.25, -0.2) is 0 Å². The van der Waals surface area contributed by atoms with E-state index in [4.69, 9.17) is 17.0 Å². The fourth-order valence-corrected chi connectivity index (χ4v) is 5.25. The standard InChI is InChI=1S/2C19H19.C2H6Si.2ClH.Zr/c2*1-14(2)18-12-17-10-6-9-16(19(17)13-18)11-15-7-4-3-5-8-15;1-3-2;;;/h2*3-10,12-14H,11H2,1-2H3;1-2H3;2*1H;/q2*-1;;;;+4/p-2. The van der Waals surface area contributed by atoms with Crippen LogP contribution >= 0.6 is 17.0 Å². The second-order valence-corrected chi connectivity index (χ2v) is 16.4. The Morgan fingerprint density at radius 3 is 1.23 bits per heavy atom. The summed E-state index contributed by atoms with van der Waals surface area (Å²) in [5, 5.41) is 5.57. The molecule has 0 nitrogen and oxygen atoms in total. The molecule has 0 saturated heterocycles. The van der Waals surface area contributed by atoms with Gasteiger partial charge in [0.1, 0.15) is 0 Å². The van der Waals surface area contributed by atoms with Crippen LogP contribution in [-0.4, -0.2) is 9.52 Å². The van der Waals surface area contributed by atoms with Crippen molar-refractivity contribution in [1.29, 1.82) is 0 Å². The Morgan fingerprint density at radius 2 is 0.909 bits per heavy atom. The Balaban J connectivity index is 0.000000204. The number of rotatable bonds is 6. The molecule has 0 unspecified atom stereocenters. The summed E-state index contributed by atoms with van der Waals surface area (Å²) in [7, 11) is 11.0. The predicted molar refractivity (Wildman–Crippen MR) is 195 cm³/mol. The molecule has 0 saturated carbocycles. The minimum atomic E-state index is -0.826. The Hall–Kier alpha value is -2.22. The van der Waals surface area contributed by atoms with E-state index >= 15 is 0 Å². The second kappa shape index (κ2) is 19.3. The van der Waals surface area contributed by atoms with Crippen molar-refractivity contribution in [2.45, 2.75) is 65.5 Å². The maximum absolute atomic E-state index is 4.93. The molecule has 0 aromatic heterocycles. The van der Waals surface area contributed by atoms with Crippen LogP contribution in [0.15, 0.2) is 121 Å². The van der Waals surface area contributed by atoms with Gasteiger partial charge in [0, 0.05) is 9.52 Å². The van der Waals surface area contributed by atoms with Crippen LogP contribution in [0.1, 0.15) is 72.9 Å². The van der Waals surface area contributed by atoms with Gasteiger partial charge < -0.3 is 0 Å². The first-order chi connectivity index (χ1) is 21.3. The molecule has 0 aliphatic heterocycles. The van der Waals surface area contributed by atoms with Crippen LogP contribution in [0.5, 0.6) is 0 Å². The van der Waals surface area contributed by atoms with Crippen molar-refractivity contribution in [1.82, 2.24) is 0 Å². The van der Waals surface area contributed by atoms with Crippen molar-refractivity contribution in [3.63, 3.8) is 0 Å². The van der Waals surface area contributed by atoms with Crippen LogP contribution in [0.3, 0.4) is 0 Å². The zero-order chi connectivity index (χ0) is 31.9. The zero-order valence-corrected chi connectivity index (χ0v) is 31.8. The third-order valence-corrected chi connectivity index (χ3v) is 7.53. The predicted octanol–water partition coefficient (Wildman–Crippen LogP) is 12.7. The van der Waals surface area contributed by atoms with E-state index in [1.807, 2.05) is 0 Å². The molecule has 0 amide bonds. The summed E-state index contributed by atoms with van der Waals surface area (Å²) in [6.07, 6.45) is 2.03. The van der Waals surface area contributed by atoms with Crippen molar-refractivity contribution < 1.29 is 20.8 Å². The molecule has 0 aliphatic carbocycles. The van der Waals surface area contributed by atoms with Gasteiger partial charge in [0.25, 0.3) is 0 Å². The van der Waals surface area contributed by atoms with E-state index in [0.717, 1.165) is 22.4 Å². The van der Waals surface area contributed by atoms with Crippen LogP contribution in [0.25, 0.3) is 21.5 Å². The molecule has 6 rings (SSSR count). The SMILES string of the molecule is CC(C)c1cc2c(Cc3ccccc3)cccc2[cH-]1.CC(C)c1cc2c(Cc3ccccc3)cccc2[cH-]1.C[Si]C.[Cl][Zr+2][Cl]. The fourth-order valence-electron chi connectivity index (χ4n) is 5.25. The number of hydrogen-bond acceptors (Lipinski definition) is 0. The molecular weight excluding hydrogens is 671 g/mol. The van der Waals surface area contributed by atoms with E-state index in [1.54, 1.807) is 0 Å². The first-order valence-corrected chi connectivity index (χ1v) is 23.6. The van der Waals surface area contributed by atoms with Gasteiger partial charge in [0.05, 0.1) is 0 Å². The van der Waals surface area contributed by atoms with Crippen molar-refractivity contribution in [3.05, 3.63) is 155 Å². The third kappa shape index (κ3) is 11.0. The number of fused-ring (bicyclic) bond motifs is 2. The van der Waals surface area contributed by atoms with Crippen molar-refractivity contribution >= 4 is 48.1 Å². The van der Waals surface area contributed by atoms with Gasteiger partial charge in [0.15, 0.2) is 0 Å². The summed E-state index contributed by atoms with van der Waals surface area (Å²) >= 11 is -0.826. The summed E-state index contributed by atoms with van der Waals surface area (Å²) < 4.78 is 0. The molecule has 44 heavy (non-hydrogen) atoms. The molecule has 0 aliphatic rings. The van der Waals surface area contributed by atoms with Gasteiger partial charge in [-0.2, -0.15) is 12.1 Å². The molecule has 0 spiro atoms. The molecule has 0 atom stereocenters. The van der Waals surface area contributed by atoms with Gasteiger partial charge in [-0.1, -0.05) is 125 Å². The van der Waals surface area contributed by atoms with Crippen LogP contribution < -0.4 is 0 Å². The molecular formula is C40H44Cl2SiZr. The van der Waals surface area contributed by atoms with Gasteiger partial charge in [-0.15, -0.1) is 69.1 Å². The van der Waals surface area contributed by atoms with Gasteiger partial charge >= 0.3 is 37.9 Å². The van der Waals surface area contributed by atoms with Crippen LogP contribution in [-0.2, 0) is 33.7 Å². The van der Waals surface area contributed by atoms with E-state index in [-0.39, 0.29) is 0 Å². The van der Waals surface area contributed by atoms with Gasteiger partial charge in [-0.3, -0.25) is 0 Å². The van der Waals surface area contributed by atoms with E-state index in [2.05, 4.69) is 162 Å². The van der Waals surface area contributed by atoms with E-state index < -0.39 is 20.8 Å². The van der Waals surface area contributed by atoms with Crippen molar-refractivity contribution in [2.24, 2.45) is 0 Å². The number of hydrogen-bond donors (Lipinski definition) is 0. The molecule has 6 aromatic rings. The Labute approximate surface area is 287 Å². The minimum absolute atomic E-state index is 0.594. The Bertz CT molecular complexity index is 1520.